The molecule has 21 heavy (non-hydrogen) atoms. The maximum absolute atomic E-state index is 11.3. The average molecular weight is 410 g/mol. The lowest BCUT2D eigenvalue weighted by atomic mass is 10.0. The number of hydrogen-bond acceptors (Lipinski definition) is 2. The number of benzene rings is 2. The van der Waals surface area contributed by atoms with E-state index in [2.05, 4.69) is 31.9 Å². The van der Waals surface area contributed by atoms with Gasteiger partial charge in [-0.1, -0.05) is 37.9 Å². The number of halogens is 2. The first-order valence-electron chi connectivity index (χ1n) is 6.16. The molecule has 0 aliphatic rings. The first-order valence-corrected chi connectivity index (χ1v) is 7.75. The third kappa shape index (κ3) is 2.49. The fraction of sp³-hybridized carbons (Fsp3) is 0.0667. The predicted octanol–water partition coefficient (Wildman–Crippen LogP) is 5.28. The fourth-order valence-corrected chi connectivity index (χ4v) is 3.15. The van der Waals surface area contributed by atoms with Crippen LogP contribution in [0.4, 0.5) is 5.69 Å². The van der Waals surface area contributed by atoms with E-state index in [9.17, 15) is 10.1 Å². The van der Waals surface area contributed by atoms with Gasteiger partial charge in [-0.15, -0.1) is 0 Å². The minimum atomic E-state index is -0.349. The number of nitro benzene ring substituents is 1. The molecule has 0 aliphatic carbocycles. The highest BCUT2D eigenvalue weighted by Gasteiger charge is 2.19. The fourth-order valence-electron chi connectivity index (χ4n) is 2.46. The van der Waals surface area contributed by atoms with Gasteiger partial charge >= 0.3 is 0 Å². The molecule has 0 radical (unpaired) electrons. The van der Waals surface area contributed by atoms with Crippen LogP contribution in [-0.2, 0) is 7.05 Å². The van der Waals surface area contributed by atoms with Crippen LogP contribution < -0.4 is 0 Å². The zero-order chi connectivity index (χ0) is 15.1. The largest absolute Gasteiger partial charge is 0.350 e. The van der Waals surface area contributed by atoms with Crippen LogP contribution in [0.25, 0.3) is 22.0 Å². The molecule has 1 heterocycles. The monoisotopic (exact) mass is 408 g/mol. The normalized spacial score (nSPS) is 11.0. The molecule has 0 bridgehead atoms. The molecule has 6 heteroatoms. The van der Waals surface area contributed by atoms with Crippen LogP contribution in [-0.4, -0.2) is 9.49 Å². The van der Waals surface area contributed by atoms with E-state index in [-0.39, 0.29) is 10.6 Å². The number of hydrogen-bond donors (Lipinski definition) is 0. The van der Waals surface area contributed by atoms with E-state index in [4.69, 9.17) is 0 Å². The van der Waals surface area contributed by atoms with E-state index in [0.29, 0.717) is 10.0 Å². The van der Waals surface area contributed by atoms with Crippen molar-refractivity contribution < 1.29 is 4.92 Å². The molecule has 0 fully saturated rings. The molecule has 0 saturated heterocycles. The zero-order valence-electron chi connectivity index (χ0n) is 11.0. The molecule has 0 amide bonds. The molecule has 0 aliphatic heterocycles. The van der Waals surface area contributed by atoms with Crippen molar-refractivity contribution in [1.82, 2.24) is 4.57 Å². The Balaban J connectivity index is 2.34. The van der Waals surface area contributed by atoms with Crippen molar-refractivity contribution in [2.75, 3.05) is 0 Å². The molecule has 4 nitrogen and oxygen atoms in total. The van der Waals surface area contributed by atoms with Crippen molar-refractivity contribution >= 4 is 48.5 Å². The number of rotatable bonds is 2. The van der Waals surface area contributed by atoms with Crippen molar-refractivity contribution in [3.8, 4) is 11.1 Å². The first-order chi connectivity index (χ1) is 9.97. The van der Waals surface area contributed by atoms with Crippen molar-refractivity contribution in [2.24, 2.45) is 7.05 Å². The van der Waals surface area contributed by atoms with Crippen LogP contribution in [0.1, 0.15) is 0 Å². The number of fused-ring (bicyclic) bond motifs is 1. The van der Waals surface area contributed by atoms with Gasteiger partial charge in [0.25, 0.3) is 5.69 Å². The summed E-state index contributed by atoms with van der Waals surface area (Å²) in [7, 11) is 1.93. The van der Waals surface area contributed by atoms with Gasteiger partial charge in [-0.3, -0.25) is 10.1 Å². The molecule has 2 aromatic carbocycles. The molecule has 0 saturated carbocycles. The van der Waals surface area contributed by atoms with Crippen LogP contribution in [0.15, 0.2) is 51.5 Å². The first kappa shape index (κ1) is 14.3. The van der Waals surface area contributed by atoms with Gasteiger partial charge in [-0.05, 0) is 24.3 Å². The Hall–Kier alpha value is -1.66. The quantitative estimate of drug-likeness (QED) is 0.427. The van der Waals surface area contributed by atoms with Crippen LogP contribution >= 0.6 is 31.9 Å². The van der Waals surface area contributed by atoms with Crippen LogP contribution in [0.3, 0.4) is 0 Å². The van der Waals surface area contributed by atoms with E-state index in [1.54, 1.807) is 6.07 Å². The summed E-state index contributed by atoms with van der Waals surface area (Å²) in [5, 5.41) is 12.3. The lowest BCUT2D eigenvalue weighted by molar-refractivity contribution is -0.384. The maximum atomic E-state index is 11.3. The maximum Gasteiger partial charge on any atom is 0.278 e. The summed E-state index contributed by atoms with van der Waals surface area (Å²) in [6, 6.07) is 11.0. The second-order valence-electron chi connectivity index (χ2n) is 4.73. The Morgan fingerprint density at radius 1 is 1.05 bits per heavy atom. The highest BCUT2D eigenvalue weighted by molar-refractivity contribution is 9.10. The summed E-state index contributed by atoms with van der Waals surface area (Å²) >= 11 is 6.74. The average Bonchev–Trinajstić information content (AvgIpc) is 2.75. The second-order valence-corrected chi connectivity index (χ2v) is 6.57. The predicted molar refractivity (Wildman–Crippen MR) is 90.4 cm³/mol. The number of nitro groups is 1. The van der Waals surface area contributed by atoms with Gasteiger partial charge in [0.2, 0.25) is 0 Å². The van der Waals surface area contributed by atoms with Crippen molar-refractivity contribution in [1.29, 1.82) is 0 Å². The van der Waals surface area contributed by atoms with Gasteiger partial charge in [0.15, 0.2) is 0 Å². The lowest BCUT2D eigenvalue weighted by Gasteiger charge is -2.02. The standard InChI is InChI=1S/C15H10Br2N2O2/c1-18-8-13(11-4-2-9(16)6-14(11)18)12-5-3-10(17)7-15(12)19(20)21/h2-8H,1H3. The van der Waals surface area contributed by atoms with Crippen molar-refractivity contribution in [3.05, 3.63) is 61.7 Å². The molecule has 1 aromatic heterocycles. The van der Waals surface area contributed by atoms with Gasteiger partial charge in [-0.2, -0.15) is 0 Å². The highest BCUT2D eigenvalue weighted by atomic mass is 79.9. The van der Waals surface area contributed by atoms with Crippen LogP contribution in [0, 0.1) is 10.1 Å². The van der Waals surface area contributed by atoms with Crippen molar-refractivity contribution in [3.63, 3.8) is 0 Å². The molecule has 0 spiro atoms. The van der Waals surface area contributed by atoms with E-state index in [1.165, 1.54) is 6.07 Å². The van der Waals surface area contributed by atoms with E-state index >= 15 is 0 Å². The lowest BCUT2D eigenvalue weighted by Crippen LogP contribution is -1.91. The summed E-state index contributed by atoms with van der Waals surface area (Å²) in [6.07, 6.45) is 1.92. The van der Waals surface area contributed by atoms with Gasteiger partial charge in [0, 0.05) is 44.7 Å². The SMILES string of the molecule is Cn1cc(-c2ccc(Br)cc2[N+](=O)[O-])c2ccc(Br)cc21. The minimum absolute atomic E-state index is 0.0970. The Labute approximate surface area is 137 Å². The van der Waals surface area contributed by atoms with E-state index in [1.807, 2.05) is 42.1 Å². The Kier molecular flexibility index (Phi) is 3.59. The highest BCUT2D eigenvalue weighted by Crippen LogP contribution is 2.38. The topological polar surface area (TPSA) is 48.1 Å². The summed E-state index contributed by atoms with van der Waals surface area (Å²) < 4.78 is 3.65. The summed E-state index contributed by atoms with van der Waals surface area (Å²) in [5.41, 5.74) is 2.60. The van der Waals surface area contributed by atoms with Crippen LogP contribution in [0.5, 0.6) is 0 Å². The minimum Gasteiger partial charge on any atom is -0.350 e. The molecular weight excluding hydrogens is 400 g/mol. The molecule has 0 N–H and O–H groups in total. The van der Waals surface area contributed by atoms with Gasteiger partial charge in [-0.25, -0.2) is 0 Å². The van der Waals surface area contributed by atoms with Crippen LogP contribution in [0.2, 0.25) is 0 Å². The summed E-state index contributed by atoms with van der Waals surface area (Å²) in [5.74, 6) is 0. The molecule has 3 rings (SSSR count). The summed E-state index contributed by atoms with van der Waals surface area (Å²) in [4.78, 5) is 11.0. The zero-order valence-corrected chi connectivity index (χ0v) is 14.2. The molecule has 3 aromatic rings. The van der Waals surface area contributed by atoms with Gasteiger partial charge in [0.05, 0.1) is 10.5 Å². The molecule has 0 unspecified atom stereocenters. The second kappa shape index (κ2) is 5.27. The summed E-state index contributed by atoms with van der Waals surface area (Å²) in [6.45, 7) is 0. The third-order valence-electron chi connectivity index (χ3n) is 3.40. The Bertz CT molecular complexity index is 871. The molecule has 0 atom stereocenters. The third-order valence-corrected chi connectivity index (χ3v) is 4.39. The van der Waals surface area contributed by atoms with E-state index < -0.39 is 0 Å². The van der Waals surface area contributed by atoms with Gasteiger partial charge < -0.3 is 4.57 Å². The van der Waals surface area contributed by atoms with Crippen molar-refractivity contribution in [2.45, 2.75) is 0 Å². The molecule has 106 valence electrons. The van der Waals surface area contributed by atoms with E-state index in [0.717, 1.165) is 20.9 Å². The molecular formula is C15H10Br2N2O2. The Morgan fingerprint density at radius 2 is 1.71 bits per heavy atom. The number of nitrogens with zero attached hydrogens (tertiary/aromatic N) is 2. The number of aryl methyl sites for hydroxylation is 1. The smallest absolute Gasteiger partial charge is 0.278 e. The Morgan fingerprint density at radius 3 is 2.43 bits per heavy atom. The van der Waals surface area contributed by atoms with Gasteiger partial charge in [0.1, 0.15) is 0 Å². The number of aromatic nitrogens is 1.